The lowest BCUT2D eigenvalue weighted by Gasteiger charge is -2.25. The molecular formula is C8H16NO+. The van der Waals surface area contributed by atoms with Gasteiger partial charge < -0.3 is 4.74 Å². The Morgan fingerprint density at radius 1 is 1.30 bits per heavy atom. The molecule has 2 heterocycles. The summed E-state index contributed by atoms with van der Waals surface area (Å²) in [4.78, 5) is 0. The van der Waals surface area contributed by atoms with Crippen LogP contribution < -0.4 is 0 Å². The first kappa shape index (κ1) is 6.62. The molecule has 0 saturated carbocycles. The van der Waals surface area contributed by atoms with Crippen LogP contribution in [0.25, 0.3) is 0 Å². The van der Waals surface area contributed by atoms with E-state index in [2.05, 4.69) is 6.92 Å². The first-order valence-electron chi connectivity index (χ1n) is 4.27. The van der Waals surface area contributed by atoms with Crippen LogP contribution in [-0.2, 0) is 4.74 Å². The predicted molar refractivity (Wildman–Crippen MR) is 39.5 cm³/mol. The van der Waals surface area contributed by atoms with Crippen molar-refractivity contribution in [2.24, 2.45) is 0 Å². The summed E-state index contributed by atoms with van der Waals surface area (Å²) in [6.45, 7) is 7.17. The molecule has 0 N–H and O–H groups in total. The summed E-state index contributed by atoms with van der Waals surface area (Å²) >= 11 is 0. The molecule has 2 fully saturated rings. The maximum atomic E-state index is 5.56. The normalized spacial score (nSPS) is 37.5. The Kier molecular flexibility index (Phi) is 1.46. The van der Waals surface area contributed by atoms with Gasteiger partial charge in [0.2, 0.25) is 0 Å². The number of quaternary nitrogens is 1. The second-order valence-corrected chi connectivity index (χ2v) is 3.78. The van der Waals surface area contributed by atoms with Crippen LogP contribution in [-0.4, -0.2) is 37.0 Å². The highest BCUT2D eigenvalue weighted by Gasteiger charge is 2.39. The van der Waals surface area contributed by atoms with Gasteiger partial charge in [0.25, 0.3) is 0 Å². The monoisotopic (exact) mass is 142 g/mol. The molecule has 1 spiro atoms. The molecule has 0 aromatic heterocycles. The molecule has 2 nitrogen and oxygen atoms in total. The third-order valence-corrected chi connectivity index (χ3v) is 2.79. The van der Waals surface area contributed by atoms with Crippen molar-refractivity contribution in [3.05, 3.63) is 0 Å². The summed E-state index contributed by atoms with van der Waals surface area (Å²) in [7, 11) is 0. The van der Waals surface area contributed by atoms with Crippen LogP contribution in [0.15, 0.2) is 0 Å². The molecule has 2 saturated heterocycles. The average molecular weight is 142 g/mol. The van der Waals surface area contributed by atoms with E-state index in [0.717, 1.165) is 6.73 Å². The third kappa shape index (κ3) is 0.956. The van der Waals surface area contributed by atoms with Crippen LogP contribution in [0.1, 0.15) is 19.8 Å². The summed E-state index contributed by atoms with van der Waals surface area (Å²) in [5.74, 6) is 0. The fraction of sp³-hybridized carbons (Fsp3) is 1.00. The quantitative estimate of drug-likeness (QED) is 0.458. The summed E-state index contributed by atoms with van der Waals surface area (Å²) in [5, 5.41) is 0. The van der Waals surface area contributed by atoms with Crippen molar-refractivity contribution >= 4 is 0 Å². The number of hydrogen-bond donors (Lipinski definition) is 0. The average Bonchev–Trinajstić information content (AvgIpc) is 2.46. The van der Waals surface area contributed by atoms with E-state index in [1.807, 2.05) is 0 Å². The largest absolute Gasteiger partial charge is 0.323 e. The molecule has 0 aromatic rings. The van der Waals surface area contributed by atoms with Gasteiger partial charge in [0.1, 0.15) is 12.6 Å². The molecule has 2 aliphatic rings. The van der Waals surface area contributed by atoms with Gasteiger partial charge in [0.05, 0.1) is 13.1 Å². The van der Waals surface area contributed by atoms with Gasteiger partial charge in [-0.2, -0.15) is 0 Å². The second kappa shape index (κ2) is 2.21. The lowest BCUT2D eigenvalue weighted by Crippen LogP contribution is -2.43. The third-order valence-electron chi connectivity index (χ3n) is 2.79. The van der Waals surface area contributed by atoms with Gasteiger partial charge in [0, 0.05) is 12.8 Å². The van der Waals surface area contributed by atoms with Gasteiger partial charge in [0.15, 0.2) is 6.73 Å². The molecule has 10 heavy (non-hydrogen) atoms. The van der Waals surface area contributed by atoms with E-state index < -0.39 is 0 Å². The smallest absolute Gasteiger partial charge is 0.183 e. The minimum absolute atomic E-state index is 0.512. The first-order valence-corrected chi connectivity index (χ1v) is 4.27. The van der Waals surface area contributed by atoms with E-state index in [-0.39, 0.29) is 0 Å². The van der Waals surface area contributed by atoms with Gasteiger partial charge in [-0.15, -0.1) is 0 Å². The molecular weight excluding hydrogens is 126 g/mol. The van der Waals surface area contributed by atoms with E-state index in [4.69, 9.17) is 4.74 Å². The minimum Gasteiger partial charge on any atom is -0.323 e. The molecule has 2 rings (SSSR count). The molecule has 2 heteroatoms. The topological polar surface area (TPSA) is 9.23 Å². The Hall–Kier alpha value is -0.0800. The van der Waals surface area contributed by atoms with Crippen LogP contribution in [0.5, 0.6) is 0 Å². The maximum absolute atomic E-state index is 5.56. The van der Waals surface area contributed by atoms with Gasteiger partial charge >= 0.3 is 0 Å². The first-order chi connectivity index (χ1) is 4.81. The van der Waals surface area contributed by atoms with Crippen molar-refractivity contribution in [3.8, 4) is 0 Å². The van der Waals surface area contributed by atoms with Crippen LogP contribution in [0.4, 0.5) is 0 Å². The standard InChI is InChI=1S/C8H16NO/c1-8-6-9(7-10-8)4-2-3-5-9/h8H,2-7H2,1H3/q+1. The molecule has 0 aliphatic carbocycles. The van der Waals surface area contributed by atoms with Crippen molar-refractivity contribution in [1.82, 2.24) is 0 Å². The highest BCUT2D eigenvalue weighted by molar-refractivity contribution is 4.61. The molecule has 0 aromatic carbocycles. The van der Waals surface area contributed by atoms with Crippen LogP contribution in [0, 0.1) is 0 Å². The molecule has 1 atom stereocenters. The summed E-state index contributed by atoms with van der Waals surface area (Å²) in [5.41, 5.74) is 0. The zero-order valence-corrected chi connectivity index (χ0v) is 6.68. The molecule has 0 amide bonds. The molecule has 58 valence electrons. The van der Waals surface area contributed by atoms with Crippen molar-refractivity contribution < 1.29 is 9.22 Å². The molecule has 0 radical (unpaired) electrons. The van der Waals surface area contributed by atoms with Crippen LogP contribution in [0.2, 0.25) is 0 Å². The summed E-state index contributed by atoms with van der Waals surface area (Å²) in [6, 6.07) is 0. The number of rotatable bonds is 0. The fourth-order valence-corrected chi connectivity index (χ4v) is 2.25. The lowest BCUT2D eigenvalue weighted by molar-refractivity contribution is -0.914. The van der Waals surface area contributed by atoms with E-state index in [0.29, 0.717) is 6.10 Å². The minimum atomic E-state index is 0.512. The highest BCUT2D eigenvalue weighted by Crippen LogP contribution is 2.25. The van der Waals surface area contributed by atoms with E-state index in [9.17, 15) is 0 Å². The highest BCUT2D eigenvalue weighted by atomic mass is 16.5. The Morgan fingerprint density at radius 3 is 2.50 bits per heavy atom. The number of ether oxygens (including phenoxy) is 1. The Bertz CT molecular complexity index is 129. The molecule has 1 unspecified atom stereocenters. The van der Waals surface area contributed by atoms with E-state index >= 15 is 0 Å². The second-order valence-electron chi connectivity index (χ2n) is 3.78. The van der Waals surface area contributed by atoms with Crippen molar-refractivity contribution in [2.75, 3.05) is 26.4 Å². The Morgan fingerprint density at radius 2 is 2.00 bits per heavy atom. The molecule has 0 bridgehead atoms. The Labute approximate surface area is 62.4 Å². The van der Waals surface area contributed by atoms with Crippen LogP contribution in [0.3, 0.4) is 0 Å². The number of hydrogen-bond acceptors (Lipinski definition) is 1. The Balaban J connectivity index is 2.03. The summed E-state index contributed by atoms with van der Waals surface area (Å²) in [6.07, 6.45) is 3.34. The van der Waals surface area contributed by atoms with Crippen molar-refractivity contribution in [3.63, 3.8) is 0 Å². The zero-order chi connectivity index (χ0) is 7.03. The maximum Gasteiger partial charge on any atom is 0.183 e. The van der Waals surface area contributed by atoms with Gasteiger partial charge in [-0.1, -0.05) is 0 Å². The van der Waals surface area contributed by atoms with E-state index in [1.54, 1.807) is 0 Å². The van der Waals surface area contributed by atoms with Gasteiger partial charge in [-0.25, -0.2) is 0 Å². The van der Waals surface area contributed by atoms with Crippen molar-refractivity contribution in [1.29, 1.82) is 0 Å². The van der Waals surface area contributed by atoms with Gasteiger partial charge in [-0.05, 0) is 6.92 Å². The van der Waals surface area contributed by atoms with Gasteiger partial charge in [-0.3, -0.25) is 4.48 Å². The number of nitrogens with zero attached hydrogens (tertiary/aromatic N) is 1. The zero-order valence-electron chi connectivity index (χ0n) is 6.68. The van der Waals surface area contributed by atoms with E-state index in [1.165, 1.54) is 37.0 Å². The molecule has 2 aliphatic heterocycles. The van der Waals surface area contributed by atoms with Crippen molar-refractivity contribution in [2.45, 2.75) is 25.9 Å². The fourth-order valence-electron chi connectivity index (χ4n) is 2.25. The lowest BCUT2D eigenvalue weighted by atomic mass is 10.3. The SMILES string of the molecule is CC1C[N+]2(CCCC2)CO1. The summed E-state index contributed by atoms with van der Waals surface area (Å²) < 4.78 is 6.83. The predicted octanol–water partition coefficient (Wildman–Crippen LogP) is 0.973. The van der Waals surface area contributed by atoms with Crippen LogP contribution >= 0.6 is 0 Å².